The van der Waals surface area contributed by atoms with Crippen molar-refractivity contribution in [3.05, 3.63) is 120 Å². The van der Waals surface area contributed by atoms with Crippen molar-refractivity contribution in [3.8, 4) is 17.1 Å². The SMILES string of the molecule is CC(C)N.Cc1ccc(-n2c(=O)n(-c3ccc(C)c(C(C)(C)C)c3)c(=O)n(-c3ccc(C)c(C(C)(C)C)c3)c2=O)cc1. The lowest BCUT2D eigenvalue weighted by molar-refractivity contribution is 0.582. The minimum atomic E-state index is -0.702. The predicted molar refractivity (Wildman–Crippen MR) is 174 cm³/mol. The van der Waals surface area contributed by atoms with E-state index in [-0.39, 0.29) is 10.8 Å². The maximum atomic E-state index is 14.1. The number of aryl methyl sites for hydroxylation is 3. The highest BCUT2D eigenvalue weighted by Crippen LogP contribution is 2.28. The number of nitrogens with zero attached hydrogens (tertiary/aromatic N) is 3. The smallest absolute Gasteiger partial charge is 0.328 e. The largest absolute Gasteiger partial charge is 0.345 e. The Labute approximate surface area is 249 Å². The number of hydrogen-bond donors (Lipinski definition) is 1. The zero-order valence-corrected chi connectivity index (χ0v) is 27.0. The maximum absolute atomic E-state index is 14.1. The highest BCUT2D eigenvalue weighted by molar-refractivity contribution is 5.46. The highest BCUT2D eigenvalue weighted by Gasteiger charge is 2.24. The summed E-state index contributed by atoms with van der Waals surface area (Å²) in [6, 6.07) is 18.6. The number of hydrogen-bond acceptors (Lipinski definition) is 4. The molecule has 0 amide bonds. The summed E-state index contributed by atoms with van der Waals surface area (Å²) in [6.45, 7) is 22.4. The normalized spacial score (nSPS) is 11.8. The Bertz CT molecular complexity index is 1650. The Morgan fingerprint density at radius 3 is 1.14 bits per heavy atom. The van der Waals surface area contributed by atoms with Gasteiger partial charge in [0, 0.05) is 0 Å². The fourth-order valence-corrected chi connectivity index (χ4v) is 5.02. The highest BCUT2D eigenvalue weighted by atomic mass is 16.2. The van der Waals surface area contributed by atoms with Gasteiger partial charge in [0.15, 0.2) is 0 Å². The van der Waals surface area contributed by atoms with Gasteiger partial charge in [-0.2, -0.15) is 0 Å². The molecule has 0 spiro atoms. The summed E-state index contributed by atoms with van der Waals surface area (Å²) >= 11 is 0. The van der Waals surface area contributed by atoms with Crippen molar-refractivity contribution in [1.29, 1.82) is 0 Å². The standard InChI is InChI=1S/C32H37N3O3.C3H9N/c1-20-10-14-23(15-11-20)33-28(36)34(24-16-12-21(2)26(18-24)31(4,5)6)30(38)35(29(33)37)25-17-13-22(3)27(19-25)32(7,8)9;1-3(2)4/h10-19H,1-9H3;3H,4H2,1-2H3. The molecule has 7 nitrogen and oxygen atoms in total. The fourth-order valence-electron chi connectivity index (χ4n) is 5.02. The second-order valence-corrected chi connectivity index (χ2v) is 13.4. The molecule has 7 heteroatoms. The van der Waals surface area contributed by atoms with Gasteiger partial charge in [-0.05, 0) is 96.3 Å². The first kappa shape index (κ1) is 32.5. The minimum Gasteiger partial charge on any atom is -0.328 e. The lowest BCUT2D eigenvalue weighted by atomic mass is 9.84. The van der Waals surface area contributed by atoms with E-state index in [0.717, 1.165) is 41.5 Å². The molecule has 224 valence electrons. The number of aromatic nitrogens is 3. The lowest BCUT2D eigenvalue weighted by Gasteiger charge is -2.24. The van der Waals surface area contributed by atoms with Crippen LogP contribution in [0.15, 0.2) is 75.0 Å². The molecular formula is C35H46N4O3. The molecule has 0 bridgehead atoms. The molecule has 0 radical (unpaired) electrons. The van der Waals surface area contributed by atoms with Gasteiger partial charge in [-0.15, -0.1) is 0 Å². The van der Waals surface area contributed by atoms with Crippen molar-refractivity contribution in [3.63, 3.8) is 0 Å². The molecule has 1 aromatic heterocycles. The van der Waals surface area contributed by atoms with E-state index in [1.165, 1.54) is 0 Å². The Morgan fingerprint density at radius 1 is 0.548 bits per heavy atom. The van der Waals surface area contributed by atoms with Gasteiger partial charge >= 0.3 is 17.1 Å². The molecule has 0 saturated heterocycles. The first-order valence-electron chi connectivity index (χ1n) is 14.4. The summed E-state index contributed by atoms with van der Waals surface area (Å²) in [5.41, 5.74) is 9.02. The van der Waals surface area contributed by atoms with E-state index in [2.05, 4.69) is 41.5 Å². The van der Waals surface area contributed by atoms with Crippen molar-refractivity contribution < 1.29 is 0 Å². The van der Waals surface area contributed by atoms with Gasteiger partial charge in [-0.25, -0.2) is 28.1 Å². The van der Waals surface area contributed by atoms with Crippen LogP contribution in [0.3, 0.4) is 0 Å². The van der Waals surface area contributed by atoms with E-state index in [4.69, 9.17) is 5.73 Å². The zero-order valence-electron chi connectivity index (χ0n) is 27.0. The molecule has 0 aliphatic carbocycles. The molecule has 0 aliphatic rings. The molecule has 0 aliphatic heterocycles. The predicted octanol–water partition coefficient (Wildman–Crippen LogP) is 6.01. The Hall–Kier alpha value is -3.97. The van der Waals surface area contributed by atoms with Crippen LogP contribution in [0.2, 0.25) is 0 Å². The molecule has 0 fully saturated rings. The number of rotatable bonds is 3. The zero-order chi connectivity index (χ0) is 31.7. The van der Waals surface area contributed by atoms with Crippen LogP contribution >= 0.6 is 0 Å². The first-order valence-corrected chi connectivity index (χ1v) is 14.4. The van der Waals surface area contributed by atoms with E-state index in [0.29, 0.717) is 23.1 Å². The monoisotopic (exact) mass is 570 g/mol. The van der Waals surface area contributed by atoms with Crippen LogP contribution in [-0.4, -0.2) is 19.7 Å². The summed E-state index contributed by atoms with van der Waals surface area (Å²) in [4.78, 5) is 41.9. The van der Waals surface area contributed by atoms with Gasteiger partial charge in [0.05, 0.1) is 17.1 Å². The van der Waals surface area contributed by atoms with Gasteiger partial charge in [0.1, 0.15) is 0 Å². The Balaban J connectivity index is 0.00000114. The molecular weight excluding hydrogens is 524 g/mol. The van der Waals surface area contributed by atoms with Crippen LogP contribution < -0.4 is 22.8 Å². The molecule has 0 atom stereocenters. The summed E-state index contributed by atoms with van der Waals surface area (Å²) in [5, 5.41) is 0. The minimum absolute atomic E-state index is 0.202. The van der Waals surface area contributed by atoms with Crippen LogP contribution in [0, 0.1) is 20.8 Å². The third-order valence-electron chi connectivity index (χ3n) is 7.01. The fraction of sp³-hybridized carbons (Fsp3) is 0.400. The second kappa shape index (κ2) is 12.1. The molecule has 0 unspecified atom stereocenters. The van der Waals surface area contributed by atoms with Gasteiger partial charge in [-0.1, -0.05) is 85.2 Å². The van der Waals surface area contributed by atoms with Crippen LogP contribution in [-0.2, 0) is 10.8 Å². The van der Waals surface area contributed by atoms with Crippen molar-refractivity contribution in [2.75, 3.05) is 0 Å². The number of benzene rings is 3. The molecule has 3 aromatic carbocycles. The van der Waals surface area contributed by atoms with Gasteiger partial charge in [0.2, 0.25) is 0 Å². The molecule has 42 heavy (non-hydrogen) atoms. The van der Waals surface area contributed by atoms with E-state index in [1.807, 2.05) is 71.0 Å². The third-order valence-corrected chi connectivity index (χ3v) is 7.01. The molecule has 2 N–H and O–H groups in total. The first-order chi connectivity index (χ1) is 19.3. The van der Waals surface area contributed by atoms with Crippen LogP contribution in [0.1, 0.15) is 83.2 Å². The maximum Gasteiger partial charge on any atom is 0.345 e. The van der Waals surface area contributed by atoms with Gasteiger partial charge in [-0.3, -0.25) is 0 Å². The van der Waals surface area contributed by atoms with Crippen LogP contribution in [0.4, 0.5) is 0 Å². The molecule has 1 heterocycles. The van der Waals surface area contributed by atoms with E-state index in [9.17, 15) is 14.4 Å². The summed E-state index contributed by atoms with van der Waals surface area (Å²) in [7, 11) is 0. The molecule has 4 aromatic rings. The summed E-state index contributed by atoms with van der Waals surface area (Å²) < 4.78 is 3.28. The van der Waals surface area contributed by atoms with Crippen LogP contribution in [0.25, 0.3) is 17.1 Å². The van der Waals surface area contributed by atoms with Gasteiger partial charge in [0.25, 0.3) is 0 Å². The van der Waals surface area contributed by atoms with E-state index < -0.39 is 17.1 Å². The van der Waals surface area contributed by atoms with Crippen molar-refractivity contribution >= 4 is 0 Å². The average molecular weight is 571 g/mol. The molecule has 0 saturated carbocycles. The third kappa shape index (κ3) is 6.90. The second-order valence-electron chi connectivity index (χ2n) is 13.4. The van der Waals surface area contributed by atoms with Crippen LogP contribution in [0.5, 0.6) is 0 Å². The average Bonchev–Trinajstić information content (AvgIpc) is 2.85. The topological polar surface area (TPSA) is 92.0 Å². The van der Waals surface area contributed by atoms with Crippen molar-refractivity contribution in [1.82, 2.24) is 13.7 Å². The lowest BCUT2D eigenvalue weighted by Crippen LogP contribution is -2.52. The summed E-state index contributed by atoms with van der Waals surface area (Å²) in [5.74, 6) is 0. The quantitative estimate of drug-likeness (QED) is 0.326. The van der Waals surface area contributed by atoms with Gasteiger partial charge < -0.3 is 5.73 Å². The Morgan fingerprint density at radius 2 is 0.833 bits per heavy atom. The van der Waals surface area contributed by atoms with Crippen molar-refractivity contribution in [2.24, 2.45) is 5.73 Å². The van der Waals surface area contributed by atoms with Crippen molar-refractivity contribution in [2.45, 2.75) is 93.0 Å². The van der Waals surface area contributed by atoms with E-state index in [1.54, 1.807) is 24.3 Å². The number of nitrogens with two attached hydrogens (primary N) is 1. The summed E-state index contributed by atoms with van der Waals surface area (Å²) in [6.07, 6.45) is 0. The molecule has 4 rings (SSSR count). The Kier molecular flexibility index (Phi) is 9.38. The van der Waals surface area contributed by atoms with E-state index >= 15 is 0 Å².